The average Bonchev–Trinajstić information content (AvgIpc) is 2.63. The van der Waals surface area contributed by atoms with Crippen molar-refractivity contribution in [1.29, 1.82) is 0 Å². The molecule has 0 radical (unpaired) electrons. The maximum Gasteiger partial charge on any atom is 0.319 e. The fraction of sp³-hybridized carbons (Fsp3) is 0.389. The van der Waals surface area contributed by atoms with Crippen LogP contribution in [0.25, 0.3) is 0 Å². The number of hydrogen-bond acceptors (Lipinski definition) is 4. The van der Waals surface area contributed by atoms with Crippen LogP contribution in [0.2, 0.25) is 0 Å². The number of amides is 2. The molecule has 3 rings (SSSR count). The summed E-state index contributed by atoms with van der Waals surface area (Å²) in [6.45, 7) is 3.92. The number of benzene rings is 1. The summed E-state index contributed by atoms with van der Waals surface area (Å²) in [5.41, 5.74) is 0.727. The van der Waals surface area contributed by atoms with Gasteiger partial charge in [-0.3, -0.25) is 0 Å². The van der Waals surface area contributed by atoms with E-state index in [0.29, 0.717) is 11.9 Å². The normalized spacial score (nSPS) is 14.2. The van der Waals surface area contributed by atoms with E-state index in [0.717, 1.165) is 43.5 Å². The lowest BCUT2D eigenvalue weighted by molar-refractivity contribution is 0.251. The molecule has 2 N–H and O–H groups in total. The van der Waals surface area contributed by atoms with E-state index in [9.17, 15) is 13.6 Å². The molecule has 1 fully saturated rings. The number of hydrogen-bond donors (Lipinski definition) is 2. The van der Waals surface area contributed by atoms with Gasteiger partial charge < -0.3 is 15.5 Å². The maximum atomic E-state index is 13.6. The van der Waals surface area contributed by atoms with Crippen molar-refractivity contribution in [2.24, 2.45) is 0 Å². The number of carbonyl (C=O) groups excluding carboxylic acids is 1. The summed E-state index contributed by atoms with van der Waals surface area (Å²) < 4.78 is 26.5. The number of anilines is 2. The van der Waals surface area contributed by atoms with Crippen LogP contribution in [-0.4, -0.2) is 29.1 Å². The molecule has 2 heterocycles. The topological polar surface area (TPSA) is 70.2 Å². The van der Waals surface area contributed by atoms with E-state index in [1.54, 1.807) is 0 Å². The largest absolute Gasteiger partial charge is 0.357 e. The van der Waals surface area contributed by atoms with Crippen LogP contribution in [0.4, 0.5) is 25.1 Å². The van der Waals surface area contributed by atoms with E-state index in [1.165, 1.54) is 12.5 Å². The third kappa shape index (κ3) is 4.65. The molecular formula is C18H21F2N5O. The van der Waals surface area contributed by atoms with Crippen molar-refractivity contribution in [1.82, 2.24) is 15.3 Å². The number of nitrogens with zero attached hydrogens (tertiary/aromatic N) is 3. The van der Waals surface area contributed by atoms with E-state index in [2.05, 4.69) is 25.5 Å². The van der Waals surface area contributed by atoms with Crippen LogP contribution in [0.5, 0.6) is 0 Å². The molecule has 0 saturated carbocycles. The number of urea groups is 1. The third-order valence-electron chi connectivity index (χ3n) is 4.15. The van der Waals surface area contributed by atoms with Crippen molar-refractivity contribution in [2.45, 2.75) is 32.7 Å². The molecule has 0 aliphatic carbocycles. The monoisotopic (exact) mass is 361 g/mol. The number of aryl methyl sites for hydroxylation is 1. The highest BCUT2D eigenvalue weighted by Crippen LogP contribution is 2.18. The number of carbonyl (C=O) groups is 1. The Balaban J connectivity index is 1.61. The number of halogens is 2. The number of piperidine rings is 1. The van der Waals surface area contributed by atoms with Crippen LogP contribution in [0.1, 0.15) is 30.8 Å². The molecule has 1 aromatic heterocycles. The van der Waals surface area contributed by atoms with E-state index >= 15 is 0 Å². The Kier molecular flexibility index (Phi) is 5.60. The van der Waals surface area contributed by atoms with E-state index < -0.39 is 17.7 Å². The van der Waals surface area contributed by atoms with Gasteiger partial charge in [0, 0.05) is 30.9 Å². The molecule has 2 aromatic rings. The lowest BCUT2D eigenvalue weighted by Crippen LogP contribution is -2.32. The van der Waals surface area contributed by atoms with Gasteiger partial charge in [0.25, 0.3) is 0 Å². The molecule has 1 aliphatic rings. The number of rotatable bonds is 4. The van der Waals surface area contributed by atoms with Gasteiger partial charge in [0.15, 0.2) is 0 Å². The first-order valence-electron chi connectivity index (χ1n) is 8.61. The standard InChI is InChI=1S/C18H21F2N5O/c1-12-9-17(25-7-3-2-4-8-25)24-16(22-12)11-21-18(26)23-15-6-5-13(19)10-14(15)20/h5-6,9-10H,2-4,7-8,11H2,1H3,(H2,21,23,26). The maximum absolute atomic E-state index is 13.6. The Hall–Kier alpha value is -2.77. The minimum atomic E-state index is -0.834. The van der Waals surface area contributed by atoms with Gasteiger partial charge in [-0.1, -0.05) is 0 Å². The van der Waals surface area contributed by atoms with Crippen LogP contribution in [0, 0.1) is 18.6 Å². The van der Waals surface area contributed by atoms with E-state index in [-0.39, 0.29) is 12.2 Å². The van der Waals surface area contributed by atoms with Gasteiger partial charge in [0.05, 0.1) is 12.2 Å². The molecule has 1 aromatic carbocycles. The van der Waals surface area contributed by atoms with E-state index in [4.69, 9.17) is 0 Å². The summed E-state index contributed by atoms with van der Waals surface area (Å²) in [6, 6.07) is 4.28. The predicted molar refractivity (Wildman–Crippen MR) is 95.0 cm³/mol. The van der Waals surface area contributed by atoms with Crippen LogP contribution in [-0.2, 0) is 6.54 Å². The lowest BCUT2D eigenvalue weighted by atomic mass is 10.1. The second-order valence-corrected chi connectivity index (χ2v) is 6.26. The first-order chi connectivity index (χ1) is 12.5. The SMILES string of the molecule is Cc1cc(N2CCCCC2)nc(CNC(=O)Nc2ccc(F)cc2F)n1. The molecule has 0 bridgehead atoms. The molecule has 1 aliphatic heterocycles. The first-order valence-corrected chi connectivity index (χ1v) is 8.61. The number of nitrogens with one attached hydrogen (secondary N) is 2. The van der Waals surface area contributed by atoms with Gasteiger partial charge in [-0.25, -0.2) is 23.5 Å². The van der Waals surface area contributed by atoms with Gasteiger partial charge in [0.2, 0.25) is 0 Å². The fourth-order valence-corrected chi connectivity index (χ4v) is 2.89. The Morgan fingerprint density at radius 2 is 1.92 bits per heavy atom. The minimum absolute atomic E-state index is 0.0944. The Bertz CT molecular complexity index is 793. The van der Waals surface area contributed by atoms with Gasteiger partial charge in [-0.05, 0) is 38.3 Å². The highest BCUT2D eigenvalue weighted by molar-refractivity contribution is 5.89. The predicted octanol–water partition coefficient (Wildman–Crippen LogP) is 3.38. The zero-order valence-corrected chi connectivity index (χ0v) is 14.6. The van der Waals surface area contributed by atoms with Crippen molar-refractivity contribution in [3.63, 3.8) is 0 Å². The molecule has 138 valence electrons. The molecule has 2 amide bonds. The first kappa shape index (κ1) is 18.0. The summed E-state index contributed by atoms with van der Waals surface area (Å²) in [5, 5.41) is 4.94. The molecule has 1 saturated heterocycles. The van der Waals surface area contributed by atoms with Crippen LogP contribution < -0.4 is 15.5 Å². The van der Waals surface area contributed by atoms with Crippen LogP contribution >= 0.6 is 0 Å². The van der Waals surface area contributed by atoms with Crippen molar-refractivity contribution < 1.29 is 13.6 Å². The fourth-order valence-electron chi connectivity index (χ4n) is 2.89. The molecule has 0 atom stereocenters. The second kappa shape index (κ2) is 8.07. The molecule has 0 unspecified atom stereocenters. The van der Waals surface area contributed by atoms with Gasteiger partial charge in [-0.15, -0.1) is 0 Å². The van der Waals surface area contributed by atoms with Gasteiger partial charge in [0.1, 0.15) is 23.3 Å². The Labute approximate surface area is 150 Å². The summed E-state index contributed by atoms with van der Waals surface area (Å²) in [5.74, 6) is -0.189. The van der Waals surface area contributed by atoms with Crippen molar-refractivity contribution in [3.8, 4) is 0 Å². The zero-order valence-electron chi connectivity index (χ0n) is 14.6. The van der Waals surface area contributed by atoms with Crippen molar-refractivity contribution >= 4 is 17.5 Å². The molecular weight excluding hydrogens is 340 g/mol. The van der Waals surface area contributed by atoms with Gasteiger partial charge >= 0.3 is 6.03 Å². The van der Waals surface area contributed by atoms with Crippen molar-refractivity contribution in [2.75, 3.05) is 23.3 Å². The summed E-state index contributed by atoms with van der Waals surface area (Å²) >= 11 is 0. The molecule has 6 nitrogen and oxygen atoms in total. The summed E-state index contributed by atoms with van der Waals surface area (Å²) in [7, 11) is 0. The molecule has 0 spiro atoms. The van der Waals surface area contributed by atoms with Crippen molar-refractivity contribution in [3.05, 3.63) is 47.4 Å². The summed E-state index contributed by atoms with van der Waals surface area (Å²) in [4.78, 5) is 23.0. The third-order valence-corrected chi connectivity index (χ3v) is 4.15. The van der Waals surface area contributed by atoms with Gasteiger partial charge in [-0.2, -0.15) is 0 Å². The Morgan fingerprint density at radius 1 is 1.15 bits per heavy atom. The van der Waals surface area contributed by atoms with Crippen LogP contribution in [0.15, 0.2) is 24.3 Å². The zero-order chi connectivity index (χ0) is 18.5. The lowest BCUT2D eigenvalue weighted by Gasteiger charge is -2.28. The molecule has 8 heteroatoms. The minimum Gasteiger partial charge on any atom is -0.357 e. The second-order valence-electron chi connectivity index (χ2n) is 6.26. The smallest absolute Gasteiger partial charge is 0.319 e. The average molecular weight is 361 g/mol. The summed E-state index contributed by atoms with van der Waals surface area (Å²) in [6.07, 6.45) is 3.51. The Morgan fingerprint density at radius 3 is 2.65 bits per heavy atom. The highest BCUT2D eigenvalue weighted by atomic mass is 19.1. The number of aromatic nitrogens is 2. The quantitative estimate of drug-likeness (QED) is 0.876. The molecule has 26 heavy (non-hydrogen) atoms. The van der Waals surface area contributed by atoms with Crippen LogP contribution in [0.3, 0.4) is 0 Å². The van der Waals surface area contributed by atoms with E-state index in [1.807, 2.05) is 13.0 Å². The highest BCUT2D eigenvalue weighted by Gasteiger charge is 2.14.